The number of carbonyl (C=O) groups excluding carboxylic acids is 4. The van der Waals surface area contributed by atoms with Crippen molar-refractivity contribution in [3.05, 3.63) is 113 Å². The van der Waals surface area contributed by atoms with Crippen molar-refractivity contribution >= 4 is 46.1 Å². The van der Waals surface area contributed by atoms with Gasteiger partial charge < -0.3 is 10.0 Å². The van der Waals surface area contributed by atoms with Gasteiger partial charge in [0.1, 0.15) is 5.75 Å². The van der Waals surface area contributed by atoms with E-state index in [1.807, 2.05) is 49.3 Å². The van der Waals surface area contributed by atoms with E-state index in [1.165, 1.54) is 11.0 Å². The molecule has 4 atom stereocenters. The van der Waals surface area contributed by atoms with Gasteiger partial charge in [0, 0.05) is 48.0 Å². The monoisotopic (exact) mass is 612 g/mol. The largest absolute Gasteiger partial charge is 0.508 e. The van der Waals surface area contributed by atoms with E-state index in [2.05, 4.69) is 10.2 Å². The molecule has 230 valence electrons. The summed E-state index contributed by atoms with van der Waals surface area (Å²) in [5.74, 6) is -3.56. The van der Waals surface area contributed by atoms with Crippen LogP contribution in [0.4, 0.5) is 22.7 Å². The number of para-hydroxylation sites is 1. The molecular weight excluding hydrogens is 580 g/mol. The summed E-state index contributed by atoms with van der Waals surface area (Å²) in [4.78, 5) is 58.0. The number of phenols is 1. The molecular formula is C37H32N4O5. The molecule has 0 bridgehead atoms. The number of amides is 2. The number of hydrogen-bond donors (Lipinski definition) is 1. The Morgan fingerprint density at radius 1 is 0.826 bits per heavy atom. The highest BCUT2D eigenvalue weighted by Crippen LogP contribution is 2.56. The van der Waals surface area contributed by atoms with Crippen molar-refractivity contribution in [2.24, 2.45) is 28.0 Å². The van der Waals surface area contributed by atoms with Gasteiger partial charge in [0.15, 0.2) is 11.6 Å². The number of fused-ring (bicyclic) bond motifs is 3. The van der Waals surface area contributed by atoms with Crippen LogP contribution in [0, 0.1) is 17.8 Å². The summed E-state index contributed by atoms with van der Waals surface area (Å²) in [6.07, 6.45) is 3.80. The van der Waals surface area contributed by atoms with Crippen LogP contribution >= 0.6 is 0 Å². The zero-order valence-corrected chi connectivity index (χ0v) is 25.7. The normalized spacial score (nSPS) is 24.1. The Labute approximate surface area is 266 Å². The van der Waals surface area contributed by atoms with Crippen LogP contribution < -0.4 is 9.80 Å². The lowest BCUT2D eigenvalue weighted by atomic mass is 9.59. The molecule has 3 aliphatic carbocycles. The van der Waals surface area contributed by atoms with Crippen molar-refractivity contribution in [2.45, 2.75) is 25.7 Å². The van der Waals surface area contributed by atoms with Gasteiger partial charge in [-0.2, -0.15) is 10.2 Å². The summed E-state index contributed by atoms with van der Waals surface area (Å²) in [5, 5.41) is 19.5. The lowest BCUT2D eigenvalue weighted by Gasteiger charge is -2.42. The topological polar surface area (TPSA) is 120 Å². The second-order valence-electron chi connectivity index (χ2n) is 12.4. The Morgan fingerprint density at radius 2 is 1.48 bits per heavy atom. The maximum Gasteiger partial charge on any atom is 0.238 e. The number of azo groups is 1. The summed E-state index contributed by atoms with van der Waals surface area (Å²) < 4.78 is 0. The Morgan fingerprint density at radius 3 is 2.13 bits per heavy atom. The van der Waals surface area contributed by atoms with E-state index in [0.717, 1.165) is 11.3 Å². The number of carbonyl (C=O) groups is 4. The zero-order chi connectivity index (χ0) is 32.3. The van der Waals surface area contributed by atoms with Crippen molar-refractivity contribution < 1.29 is 24.3 Å². The molecule has 0 unspecified atom stereocenters. The molecule has 7 rings (SSSR count). The first-order valence-electron chi connectivity index (χ1n) is 15.3. The number of hydrogen-bond acceptors (Lipinski definition) is 8. The fourth-order valence-corrected chi connectivity index (χ4v) is 7.30. The van der Waals surface area contributed by atoms with Gasteiger partial charge in [0.2, 0.25) is 11.8 Å². The highest BCUT2D eigenvalue weighted by Gasteiger charge is 2.56. The Balaban J connectivity index is 1.19. The Bertz CT molecular complexity index is 1930. The number of ketones is 2. The summed E-state index contributed by atoms with van der Waals surface area (Å²) in [7, 11) is 3.93. The van der Waals surface area contributed by atoms with Crippen molar-refractivity contribution in [1.82, 2.24) is 0 Å². The van der Waals surface area contributed by atoms with Gasteiger partial charge in [-0.25, -0.2) is 0 Å². The summed E-state index contributed by atoms with van der Waals surface area (Å²) in [5.41, 5.74) is 5.13. The third kappa shape index (κ3) is 4.70. The number of allylic oxidation sites excluding steroid dienone is 6. The molecule has 0 saturated carbocycles. The first kappa shape index (κ1) is 29.3. The molecule has 4 aliphatic rings. The van der Waals surface area contributed by atoms with Crippen LogP contribution in [0.5, 0.6) is 5.75 Å². The number of imide groups is 1. The van der Waals surface area contributed by atoms with E-state index in [9.17, 15) is 24.3 Å². The predicted molar refractivity (Wildman–Crippen MR) is 173 cm³/mol. The number of anilines is 2. The van der Waals surface area contributed by atoms with Gasteiger partial charge in [-0.05, 0) is 86.4 Å². The lowest BCUT2D eigenvalue weighted by molar-refractivity contribution is -0.123. The molecule has 9 heteroatoms. The van der Waals surface area contributed by atoms with Gasteiger partial charge in [-0.3, -0.25) is 24.1 Å². The van der Waals surface area contributed by atoms with Crippen molar-refractivity contribution in [3.8, 4) is 5.75 Å². The van der Waals surface area contributed by atoms with E-state index in [-0.39, 0.29) is 35.6 Å². The van der Waals surface area contributed by atoms with Crippen LogP contribution in [0.25, 0.3) is 0 Å². The molecule has 1 N–H and O–H groups in total. The lowest BCUT2D eigenvalue weighted by Crippen LogP contribution is -2.39. The molecule has 1 heterocycles. The standard InChI is InChI=1S/C37H32N4O5/c1-20-18-31(43)29-19-28-25(32(34(29)35(20)44)26-6-4-5-7-30(26)42)16-17-27-33(28)37(46)41(36(27)45)24-14-10-22(11-15-24)39-38-21-8-12-23(13-9-21)40(2)3/h4-16,18,27-28,32-33,42H,17,19H2,1-3H3/t27-,28+,32+,33-/m0/s1. The van der Waals surface area contributed by atoms with Crippen molar-refractivity contribution in [3.63, 3.8) is 0 Å². The van der Waals surface area contributed by atoms with Gasteiger partial charge in [0.25, 0.3) is 0 Å². The van der Waals surface area contributed by atoms with Crippen molar-refractivity contribution in [2.75, 3.05) is 23.9 Å². The minimum Gasteiger partial charge on any atom is -0.508 e. The van der Waals surface area contributed by atoms with Crippen LogP contribution in [0.3, 0.4) is 0 Å². The molecule has 3 aromatic carbocycles. The molecule has 2 amide bonds. The molecule has 3 aromatic rings. The van der Waals surface area contributed by atoms with Gasteiger partial charge in [-0.15, -0.1) is 0 Å². The highest BCUT2D eigenvalue weighted by molar-refractivity contribution is 6.25. The van der Waals surface area contributed by atoms with Crippen molar-refractivity contribution in [1.29, 1.82) is 0 Å². The fourth-order valence-electron chi connectivity index (χ4n) is 7.30. The number of rotatable bonds is 5. The van der Waals surface area contributed by atoms with Crippen LogP contribution in [-0.4, -0.2) is 42.6 Å². The van der Waals surface area contributed by atoms with E-state index in [4.69, 9.17) is 0 Å². The quantitative estimate of drug-likeness (QED) is 0.152. The minimum absolute atomic E-state index is 0.00810. The van der Waals surface area contributed by atoms with E-state index in [1.54, 1.807) is 55.5 Å². The molecule has 0 aromatic heterocycles. The first-order chi connectivity index (χ1) is 22.1. The third-order valence-corrected chi connectivity index (χ3v) is 9.57. The average Bonchev–Trinajstić information content (AvgIpc) is 3.31. The number of benzene rings is 3. The Hall–Kier alpha value is -5.44. The molecule has 0 radical (unpaired) electrons. The number of Topliss-reactive ketones (excluding diaryl/α,β-unsaturated/α-hetero) is 1. The summed E-state index contributed by atoms with van der Waals surface area (Å²) >= 11 is 0. The van der Waals surface area contributed by atoms with E-state index < -0.39 is 23.7 Å². The Kier molecular flexibility index (Phi) is 7.11. The molecule has 0 spiro atoms. The maximum atomic E-state index is 14.1. The SMILES string of the molecule is CC1=CC(=O)C2=C(C1=O)[C@@H](c1ccccc1O)C1=CC[C@@H]3C(=O)N(c4ccc(N=Nc5ccc(N(C)C)cc5)cc4)C(=O)[C@@H]3[C@@H]1C2. The first-order valence-corrected chi connectivity index (χ1v) is 15.3. The predicted octanol–water partition coefficient (Wildman–Crippen LogP) is 6.51. The third-order valence-electron chi connectivity index (χ3n) is 9.57. The van der Waals surface area contributed by atoms with Crippen LogP contribution in [-0.2, 0) is 19.2 Å². The van der Waals surface area contributed by atoms with Gasteiger partial charge >= 0.3 is 0 Å². The molecule has 46 heavy (non-hydrogen) atoms. The summed E-state index contributed by atoms with van der Waals surface area (Å²) in [6, 6.07) is 21.2. The van der Waals surface area contributed by atoms with E-state index in [0.29, 0.717) is 45.8 Å². The molecule has 1 saturated heterocycles. The smallest absolute Gasteiger partial charge is 0.238 e. The fraction of sp³-hybridized carbons (Fsp3) is 0.243. The average molecular weight is 613 g/mol. The second kappa shape index (κ2) is 11.2. The van der Waals surface area contributed by atoms with Gasteiger partial charge in [-0.1, -0.05) is 29.8 Å². The number of phenolic OH excluding ortho intramolecular Hbond substituents is 1. The van der Waals surface area contributed by atoms with Crippen LogP contribution in [0.1, 0.15) is 31.2 Å². The molecule has 1 aliphatic heterocycles. The van der Waals surface area contributed by atoms with Crippen LogP contribution in [0.2, 0.25) is 0 Å². The highest BCUT2D eigenvalue weighted by atomic mass is 16.3. The number of aromatic hydroxyl groups is 1. The molecule has 9 nitrogen and oxygen atoms in total. The minimum atomic E-state index is -0.700. The maximum absolute atomic E-state index is 14.1. The zero-order valence-electron chi connectivity index (χ0n) is 25.7. The molecule has 1 fully saturated rings. The summed E-state index contributed by atoms with van der Waals surface area (Å²) in [6.45, 7) is 1.62. The number of nitrogens with zero attached hydrogens (tertiary/aromatic N) is 4. The second-order valence-corrected chi connectivity index (χ2v) is 12.4. The van der Waals surface area contributed by atoms with Gasteiger partial charge in [0.05, 0.1) is 28.9 Å². The van der Waals surface area contributed by atoms with E-state index >= 15 is 0 Å². The van der Waals surface area contributed by atoms with Crippen LogP contribution in [0.15, 0.2) is 117 Å².